The van der Waals surface area contributed by atoms with E-state index in [2.05, 4.69) is 0 Å². The number of benzene rings is 1. The lowest BCUT2D eigenvalue weighted by Gasteiger charge is -2.15. The Balaban J connectivity index is 2.51. The second kappa shape index (κ2) is 3.69. The number of phenolic OH excluding ortho intramolecular Hbond substituents is 1. The summed E-state index contributed by atoms with van der Waals surface area (Å²) in [4.78, 5) is 0. The van der Waals surface area contributed by atoms with Gasteiger partial charge in [-0.2, -0.15) is 5.26 Å². The molecule has 0 aliphatic heterocycles. The molecule has 1 aliphatic rings. The Labute approximate surface area is 94.3 Å². The number of nitrogens with two attached hydrogens (primary N) is 1. The number of hydrogen-bond donors (Lipinski definition) is 2. The van der Waals surface area contributed by atoms with Gasteiger partial charge in [-0.1, -0.05) is 0 Å². The maximum Gasteiger partial charge on any atom is 0.178 e. The van der Waals surface area contributed by atoms with Crippen LogP contribution in [0.25, 0.3) is 0 Å². The molecule has 1 fully saturated rings. The van der Waals surface area contributed by atoms with Crippen LogP contribution in [-0.2, 0) is 5.41 Å². The lowest BCUT2D eigenvalue weighted by atomic mass is 9.94. The average Bonchev–Trinajstić information content (AvgIpc) is 3.08. The first-order valence-corrected chi connectivity index (χ1v) is 5.18. The van der Waals surface area contributed by atoms with E-state index in [1.165, 1.54) is 7.11 Å². The van der Waals surface area contributed by atoms with Crippen LogP contribution in [0.5, 0.6) is 11.5 Å². The summed E-state index contributed by atoms with van der Waals surface area (Å²) in [6.07, 6.45) is 2.03. The van der Waals surface area contributed by atoms with Crippen molar-refractivity contribution in [1.29, 1.82) is 5.26 Å². The molecule has 0 spiro atoms. The van der Waals surface area contributed by atoms with Crippen molar-refractivity contribution in [3.63, 3.8) is 0 Å². The van der Waals surface area contributed by atoms with Gasteiger partial charge in [-0.25, -0.2) is 0 Å². The first kappa shape index (κ1) is 10.8. The summed E-state index contributed by atoms with van der Waals surface area (Å²) in [7, 11) is 1.44. The number of ether oxygens (including phenoxy) is 1. The third kappa shape index (κ3) is 1.50. The number of nitrogens with zero attached hydrogens (tertiary/aromatic N) is 1. The van der Waals surface area contributed by atoms with Gasteiger partial charge in [0.1, 0.15) is 6.07 Å². The van der Waals surface area contributed by atoms with Gasteiger partial charge in [0.25, 0.3) is 0 Å². The lowest BCUT2D eigenvalue weighted by molar-refractivity contribution is 0.371. The van der Waals surface area contributed by atoms with Crippen LogP contribution >= 0.6 is 0 Å². The molecule has 0 heterocycles. The summed E-state index contributed by atoms with van der Waals surface area (Å²) in [5.74, 6) is 0.246. The molecule has 0 atom stereocenters. The van der Waals surface area contributed by atoms with Crippen molar-refractivity contribution in [2.75, 3.05) is 13.7 Å². The van der Waals surface area contributed by atoms with E-state index in [0.29, 0.717) is 12.1 Å². The molecule has 2 rings (SSSR count). The highest BCUT2D eigenvalue weighted by Crippen LogP contribution is 2.49. The second-order valence-corrected chi connectivity index (χ2v) is 4.17. The summed E-state index contributed by atoms with van der Waals surface area (Å²) in [5.41, 5.74) is 6.98. The van der Waals surface area contributed by atoms with E-state index >= 15 is 0 Å². The molecule has 0 radical (unpaired) electrons. The van der Waals surface area contributed by atoms with Gasteiger partial charge >= 0.3 is 0 Å². The largest absolute Gasteiger partial charge is 0.504 e. The van der Waals surface area contributed by atoms with Crippen LogP contribution in [0.15, 0.2) is 12.1 Å². The second-order valence-electron chi connectivity index (χ2n) is 4.17. The van der Waals surface area contributed by atoms with Gasteiger partial charge in [-0.05, 0) is 30.5 Å². The minimum Gasteiger partial charge on any atom is -0.504 e. The Morgan fingerprint density at radius 2 is 2.25 bits per heavy atom. The molecule has 3 N–H and O–H groups in total. The number of aromatic hydroxyl groups is 1. The van der Waals surface area contributed by atoms with Crippen LogP contribution in [0.2, 0.25) is 0 Å². The fourth-order valence-electron chi connectivity index (χ4n) is 1.98. The van der Waals surface area contributed by atoms with Gasteiger partial charge in [0.15, 0.2) is 11.5 Å². The quantitative estimate of drug-likeness (QED) is 0.800. The number of hydrogen-bond acceptors (Lipinski definition) is 4. The summed E-state index contributed by atoms with van der Waals surface area (Å²) in [6, 6.07) is 5.44. The molecule has 4 nitrogen and oxygen atoms in total. The fraction of sp³-hybridized carbons (Fsp3) is 0.417. The Morgan fingerprint density at radius 1 is 1.56 bits per heavy atom. The molecule has 16 heavy (non-hydrogen) atoms. The van der Waals surface area contributed by atoms with Crippen molar-refractivity contribution >= 4 is 0 Å². The zero-order valence-corrected chi connectivity index (χ0v) is 9.16. The highest BCUT2D eigenvalue weighted by atomic mass is 16.5. The average molecular weight is 218 g/mol. The summed E-state index contributed by atoms with van der Waals surface area (Å²) >= 11 is 0. The topological polar surface area (TPSA) is 79.3 Å². The van der Waals surface area contributed by atoms with Crippen LogP contribution in [0.1, 0.15) is 24.0 Å². The lowest BCUT2D eigenvalue weighted by Crippen LogP contribution is -2.19. The van der Waals surface area contributed by atoms with E-state index in [9.17, 15) is 5.11 Å². The van der Waals surface area contributed by atoms with Gasteiger partial charge in [0, 0.05) is 12.0 Å². The smallest absolute Gasteiger partial charge is 0.178 e. The molecule has 0 amide bonds. The molecule has 1 saturated carbocycles. The van der Waals surface area contributed by atoms with Crippen molar-refractivity contribution < 1.29 is 9.84 Å². The zero-order valence-electron chi connectivity index (χ0n) is 9.16. The van der Waals surface area contributed by atoms with Crippen molar-refractivity contribution in [2.24, 2.45) is 5.73 Å². The van der Waals surface area contributed by atoms with Gasteiger partial charge in [0.2, 0.25) is 0 Å². The molecular formula is C12H14N2O2. The van der Waals surface area contributed by atoms with Crippen LogP contribution in [-0.4, -0.2) is 18.8 Å². The van der Waals surface area contributed by atoms with E-state index in [-0.39, 0.29) is 16.9 Å². The molecule has 84 valence electrons. The van der Waals surface area contributed by atoms with Gasteiger partial charge < -0.3 is 15.6 Å². The van der Waals surface area contributed by atoms with Crippen LogP contribution in [0.3, 0.4) is 0 Å². The van der Waals surface area contributed by atoms with Gasteiger partial charge in [-0.15, -0.1) is 0 Å². The van der Waals surface area contributed by atoms with E-state index < -0.39 is 0 Å². The monoisotopic (exact) mass is 218 g/mol. The van der Waals surface area contributed by atoms with Gasteiger partial charge in [-0.3, -0.25) is 0 Å². The van der Waals surface area contributed by atoms with E-state index in [1.54, 1.807) is 12.1 Å². The highest BCUT2D eigenvalue weighted by Gasteiger charge is 2.43. The Bertz CT molecular complexity index is 459. The SMILES string of the molecule is COc1c(O)cc(C2(CN)CC2)cc1C#N. The molecular weight excluding hydrogens is 204 g/mol. The standard InChI is InChI=1S/C12H14N2O2/c1-16-11-8(6-13)4-9(5-10(11)15)12(7-14)2-3-12/h4-5,15H,2-3,7,14H2,1H3. The van der Waals surface area contributed by atoms with E-state index in [4.69, 9.17) is 15.7 Å². The molecule has 0 saturated heterocycles. The molecule has 0 aromatic heterocycles. The van der Waals surface area contributed by atoms with Crippen LogP contribution < -0.4 is 10.5 Å². The highest BCUT2D eigenvalue weighted by molar-refractivity contribution is 5.56. The van der Waals surface area contributed by atoms with Crippen LogP contribution in [0.4, 0.5) is 0 Å². The van der Waals surface area contributed by atoms with Gasteiger partial charge in [0.05, 0.1) is 12.7 Å². The van der Waals surface area contributed by atoms with E-state index in [1.807, 2.05) is 6.07 Å². The predicted octanol–water partition coefficient (Wildman–Crippen LogP) is 1.26. The van der Waals surface area contributed by atoms with Crippen LogP contribution in [0, 0.1) is 11.3 Å². The van der Waals surface area contributed by atoms with Crippen molar-refractivity contribution in [1.82, 2.24) is 0 Å². The van der Waals surface area contributed by atoms with Crippen molar-refractivity contribution in [3.05, 3.63) is 23.3 Å². The number of methoxy groups -OCH3 is 1. The first-order valence-electron chi connectivity index (χ1n) is 5.18. The Morgan fingerprint density at radius 3 is 2.69 bits per heavy atom. The number of phenols is 1. The predicted molar refractivity (Wildman–Crippen MR) is 59.3 cm³/mol. The molecule has 4 heteroatoms. The summed E-state index contributed by atoms with van der Waals surface area (Å²) in [5, 5.41) is 18.8. The number of rotatable bonds is 3. The molecule has 1 aromatic carbocycles. The maximum absolute atomic E-state index is 9.77. The molecule has 1 aromatic rings. The molecule has 1 aliphatic carbocycles. The third-order valence-corrected chi connectivity index (χ3v) is 3.25. The minimum absolute atomic E-state index is 0.0104. The molecule has 0 bridgehead atoms. The zero-order chi connectivity index (χ0) is 11.8. The Kier molecular flexibility index (Phi) is 2.49. The minimum atomic E-state index is -0.0324. The summed E-state index contributed by atoms with van der Waals surface area (Å²) < 4.78 is 4.98. The fourth-order valence-corrected chi connectivity index (χ4v) is 1.98. The maximum atomic E-state index is 9.77. The number of nitriles is 1. The van der Waals surface area contributed by atoms with Crippen molar-refractivity contribution in [3.8, 4) is 17.6 Å². The van der Waals surface area contributed by atoms with Crippen molar-refractivity contribution in [2.45, 2.75) is 18.3 Å². The van der Waals surface area contributed by atoms with E-state index in [0.717, 1.165) is 18.4 Å². The summed E-state index contributed by atoms with van der Waals surface area (Å²) in [6.45, 7) is 0.545. The third-order valence-electron chi connectivity index (χ3n) is 3.25. The molecule has 0 unspecified atom stereocenters. The normalized spacial score (nSPS) is 16.6. The Hall–Kier alpha value is -1.73. The first-order chi connectivity index (χ1) is 7.66.